The molecule has 0 saturated carbocycles. The van der Waals surface area contributed by atoms with Crippen molar-refractivity contribution in [3.05, 3.63) is 105 Å². The van der Waals surface area contributed by atoms with Crippen molar-refractivity contribution in [1.29, 1.82) is 0 Å². The summed E-state index contributed by atoms with van der Waals surface area (Å²) in [6.07, 6.45) is 4.28. The van der Waals surface area contributed by atoms with Gasteiger partial charge in [-0.3, -0.25) is 14.9 Å². The van der Waals surface area contributed by atoms with Crippen LogP contribution in [-0.2, 0) is 30.6 Å². The van der Waals surface area contributed by atoms with E-state index < -0.39 is 18.2 Å². The molecule has 1 aromatic heterocycles. The summed E-state index contributed by atoms with van der Waals surface area (Å²) in [5, 5.41) is 25.3. The highest BCUT2D eigenvalue weighted by atomic mass is 35.5. The van der Waals surface area contributed by atoms with Crippen LogP contribution in [0.3, 0.4) is 0 Å². The number of nitrogens with zero attached hydrogens (tertiary/aromatic N) is 1. The molecule has 0 aliphatic carbocycles. The summed E-state index contributed by atoms with van der Waals surface area (Å²) in [6, 6.07) is 16.0. The summed E-state index contributed by atoms with van der Waals surface area (Å²) >= 11 is 6.69. The van der Waals surface area contributed by atoms with Crippen LogP contribution in [0.4, 0.5) is 0 Å². The first-order chi connectivity index (χ1) is 19.7. The van der Waals surface area contributed by atoms with Crippen LogP contribution < -0.4 is 5.32 Å². The van der Waals surface area contributed by atoms with E-state index in [4.69, 9.17) is 16.0 Å². The largest absolute Gasteiger partial charge is 0.480 e. The van der Waals surface area contributed by atoms with Gasteiger partial charge in [0.1, 0.15) is 17.9 Å². The van der Waals surface area contributed by atoms with Crippen molar-refractivity contribution in [1.82, 2.24) is 10.2 Å². The second-order valence-corrected chi connectivity index (χ2v) is 11.2. The molecule has 3 aromatic carbocycles. The van der Waals surface area contributed by atoms with Gasteiger partial charge < -0.3 is 19.5 Å². The van der Waals surface area contributed by atoms with Crippen molar-refractivity contribution in [2.45, 2.75) is 64.8 Å². The molecule has 2 heterocycles. The minimum absolute atomic E-state index is 0.0865. The first-order valence-corrected chi connectivity index (χ1v) is 14.4. The second kappa shape index (κ2) is 12.5. The lowest BCUT2D eigenvalue weighted by Crippen LogP contribution is -2.41. The van der Waals surface area contributed by atoms with Crippen LogP contribution in [0, 0.1) is 6.92 Å². The number of carbonyl (C=O) groups excluding carboxylic acids is 1. The number of benzene rings is 3. The maximum atomic E-state index is 13.3. The fourth-order valence-electron chi connectivity index (χ4n) is 5.72. The zero-order valence-electron chi connectivity index (χ0n) is 23.3. The number of carboxylic acids is 1. The van der Waals surface area contributed by atoms with Gasteiger partial charge in [-0.15, -0.1) is 0 Å². The average Bonchev–Trinajstić information content (AvgIpc) is 3.43. The zero-order chi connectivity index (χ0) is 29.1. The number of hydrogen-bond acceptors (Lipinski definition) is 5. The lowest BCUT2D eigenvalue weighted by Gasteiger charge is -2.32. The van der Waals surface area contributed by atoms with E-state index in [-0.39, 0.29) is 12.3 Å². The molecule has 214 valence electrons. The predicted octanol–water partition coefficient (Wildman–Crippen LogP) is 6.21. The van der Waals surface area contributed by atoms with Crippen molar-refractivity contribution in [2.24, 2.45) is 0 Å². The van der Waals surface area contributed by atoms with Crippen LogP contribution in [0.25, 0.3) is 11.0 Å². The van der Waals surface area contributed by atoms with Gasteiger partial charge in [-0.05, 0) is 84.7 Å². The Morgan fingerprint density at radius 1 is 1.12 bits per heavy atom. The molecule has 41 heavy (non-hydrogen) atoms. The van der Waals surface area contributed by atoms with Gasteiger partial charge in [0.25, 0.3) is 5.91 Å². The normalized spacial score (nSPS) is 14.6. The number of furan rings is 1. The number of aliphatic carboxylic acids is 1. The fraction of sp³-hybridized carbons (Fsp3) is 0.333. The summed E-state index contributed by atoms with van der Waals surface area (Å²) in [5.74, 6) is -1.13. The van der Waals surface area contributed by atoms with E-state index in [2.05, 4.69) is 18.3 Å². The predicted molar refractivity (Wildman–Crippen MR) is 159 cm³/mol. The first-order valence-electron chi connectivity index (χ1n) is 14.1. The van der Waals surface area contributed by atoms with Crippen LogP contribution >= 0.6 is 11.6 Å². The Balaban J connectivity index is 1.31. The summed E-state index contributed by atoms with van der Waals surface area (Å²) in [4.78, 5) is 27.2. The van der Waals surface area contributed by atoms with Crippen LogP contribution in [0.2, 0.25) is 5.02 Å². The number of amides is 1. The standard InChI is InChI=1S/C33H35ClN2O5/c1-3-4-6-21-7-5-8-22(15-21)16-28(33(39)40)35-31(37)30-20(2)26-11-13-36(19-25(26)17-27(30)34)32(38)24-10-9-23-12-14-41-29(23)18-24/h5,7-10,12,14-15,17-18,28,31,35,37H,3-4,6,11,13,16,19H2,1-2H3,(H,39,40). The molecule has 5 rings (SSSR count). The quantitative estimate of drug-likeness (QED) is 0.195. The SMILES string of the molecule is CCCCc1cccc(CC(NC(O)c2c(Cl)cc3c(c2C)CCN(C(=O)c2ccc4ccoc4c2)C3)C(=O)O)c1. The number of halogens is 1. The number of carboxylic acid groups (broad SMARTS) is 1. The minimum atomic E-state index is -1.27. The van der Waals surface area contributed by atoms with Crippen molar-refractivity contribution in [3.8, 4) is 0 Å². The number of hydrogen-bond donors (Lipinski definition) is 3. The summed E-state index contributed by atoms with van der Waals surface area (Å²) in [5.41, 5.74) is 6.52. The molecule has 2 atom stereocenters. The topological polar surface area (TPSA) is 103 Å². The Morgan fingerprint density at radius 3 is 2.71 bits per heavy atom. The molecule has 0 radical (unpaired) electrons. The highest BCUT2D eigenvalue weighted by Gasteiger charge is 2.29. The lowest BCUT2D eigenvalue weighted by molar-refractivity contribution is -0.140. The molecule has 3 N–H and O–H groups in total. The number of aliphatic hydroxyl groups is 1. The van der Waals surface area contributed by atoms with Crippen LogP contribution in [0.15, 0.2) is 65.3 Å². The number of unbranched alkanes of at least 4 members (excludes halogenated alkanes) is 1. The summed E-state index contributed by atoms with van der Waals surface area (Å²) in [6.45, 7) is 4.93. The van der Waals surface area contributed by atoms with Gasteiger partial charge in [-0.1, -0.05) is 55.3 Å². The van der Waals surface area contributed by atoms with E-state index in [1.54, 1.807) is 29.4 Å². The highest BCUT2D eigenvalue weighted by Crippen LogP contribution is 2.34. The number of rotatable bonds is 10. The van der Waals surface area contributed by atoms with E-state index in [1.165, 1.54) is 5.56 Å². The zero-order valence-corrected chi connectivity index (χ0v) is 24.1. The minimum Gasteiger partial charge on any atom is -0.480 e. The van der Waals surface area contributed by atoms with Gasteiger partial charge in [0.15, 0.2) is 0 Å². The maximum Gasteiger partial charge on any atom is 0.321 e. The molecular formula is C33H35ClN2O5. The second-order valence-electron chi connectivity index (χ2n) is 10.8. The average molecular weight is 575 g/mol. The third-order valence-corrected chi connectivity index (χ3v) is 8.28. The number of nitrogens with one attached hydrogen (secondary N) is 1. The molecule has 2 unspecified atom stereocenters. The van der Waals surface area contributed by atoms with Gasteiger partial charge in [0.05, 0.1) is 6.26 Å². The van der Waals surface area contributed by atoms with Crippen molar-refractivity contribution < 1.29 is 24.2 Å². The Morgan fingerprint density at radius 2 is 1.93 bits per heavy atom. The van der Waals surface area contributed by atoms with Crippen molar-refractivity contribution in [3.63, 3.8) is 0 Å². The molecule has 1 amide bonds. The van der Waals surface area contributed by atoms with E-state index in [0.717, 1.165) is 46.9 Å². The molecule has 8 heteroatoms. The molecule has 4 aromatic rings. The molecule has 7 nitrogen and oxygen atoms in total. The Bertz CT molecular complexity index is 1580. The third kappa shape index (κ3) is 6.32. The summed E-state index contributed by atoms with van der Waals surface area (Å²) in [7, 11) is 0. The van der Waals surface area contributed by atoms with E-state index >= 15 is 0 Å². The molecule has 1 aliphatic rings. The van der Waals surface area contributed by atoms with Crippen LogP contribution in [0.5, 0.6) is 0 Å². The third-order valence-electron chi connectivity index (χ3n) is 7.97. The number of aliphatic hydroxyl groups excluding tert-OH is 1. The number of carbonyl (C=O) groups is 2. The van der Waals surface area contributed by atoms with Crippen molar-refractivity contribution in [2.75, 3.05) is 6.54 Å². The highest BCUT2D eigenvalue weighted by molar-refractivity contribution is 6.31. The Labute approximate surface area is 244 Å². The Kier molecular flexibility index (Phi) is 8.78. The number of aryl methyl sites for hydroxylation is 1. The van der Waals surface area contributed by atoms with E-state index in [0.29, 0.717) is 41.2 Å². The first kappa shape index (κ1) is 28.9. The maximum absolute atomic E-state index is 13.3. The van der Waals surface area contributed by atoms with Crippen molar-refractivity contribution >= 4 is 34.4 Å². The molecule has 0 bridgehead atoms. The van der Waals surface area contributed by atoms with Gasteiger partial charge in [-0.25, -0.2) is 0 Å². The van der Waals surface area contributed by atoms with E-state index in [9.17, 15) is 19.8 Å². The summed E-state index contributed by atoms with van der Waals surface area (Å²) < 4.78 is 5.46. The van der Waals surface area contributed by atoms with Gasteiger partial charge in [-0.2, -0.15) is 0 Å². The van der Waals surface area contributed by atoms with Gasteiger partial charge >= 0.3 is 5.97 Å². The van der Waals surface area contributed by atoms with Crippen LogP contribution in [0.1, 0.15) is 69.7 Å². The number of fused-ring (bicyclic) bond motifs is 2. The van der Waals surface area contributed by atoms with Gasteiger partial charge in [0.2, 0.25) is 0 Å². The van der Waals surface area contributed by atoms with Crippen LogP contribution in [-0.4, -0.2) is 39.6 Å². The molecule has 0 spiro atoms. The molecular weight excluding hydrogens is 540 g/mol. The monoisotopic (exact) mass is 574 g/mol. The van der Waals surface area contributed by atoms with Gasteiger partial charge in [0, 0.05) is 34.6 Å². The van der Waals surface area contributed by atoms with E-state index in [1.807, 2.05) is 37.3 Å². The smallest absolute Gasteiger partial charge is 0.321 e. The Hall–Kier alpha value is -3.65. The molecule has 0 fully saturated rings. The lowest BCUT2D eigenvalue weighted by atomic mass is 9.90. The fourth-order valence-corrected chi connectivity index (χ4v) is 6.10. The molecule has 0 saturated heterocycles. The molecule has 1 aliphatic heterocycles.